The zero-order chi connectivity index (χ0) is 14.8. The topological polar surface area (TPSA) is 74.0 Å². The van der Waals surface area contributed by atoms with Crippen LogP contribution in [0.3, 0.4) is 0 Å². The van der Waals surface area contributed by atoms with Gasteiger partial charge in [0.25, 0.3) is 5.91 Å². The second-order valence-corrected chi connectivity index (χ2v) is 4.37. The van der Waals surface area contributed by atoms with Gasteiger partial charge >= 0.3 is 0 Å². The Morgan fingerprint density at radius 1 is 1.40 bits per heavy atom. The first kappa shape index (κ1) is 15.8. The van der Waals surface area contributed by atoms with Gasteiger partial charge in [-0.1, -0.05) is 32.0 Å². The van der Waals surface area contributed by atoms with Crippen LogP contribution in [0.2, 0.25) is 0 Å². The van der Waals surface area contributed by atoms with Crippen LogP contribution in [-0.2, 0) is 4.79 Å². The van der Waals surface area contributed by atoms with Gasteiger partial charge in [0.15, 0.2) is 0 Å². The zero-order valence-electron chi connectivity index (χ0n) is 11.7. The van der Waals surface area contributed by atoms with Gasteiger partial charge in [-0.2, -0.15) is 10.2 Å². The first-order valence-corrected chi connectivity index (χ1v) is 6.44. The number of hydrogen-bond donors (Lipinski definition) is 2. The van der Waals surface area contributed by atoms with Gasteiger partial charge in [-0.3, -0.25) is 10.0 Å². The fraction of sp³-hybridized carbons (Fsp3) is 0.267. The summed E-state index contributed by atoms with van der Waals surface area (Å²) >= 11 is 0. The second-order valence-electron chi connectivity index (χ2n) is 4.37. The van der Waals surface area contributed by atoms with E-state index in [0.29, 0.717) is 5.92 Å². The molecule has 1 unspecified atom stereocenters. The summed E-state index contributed by atoms with van der Waals surface area (Å²) in [5.41, 5.74) is 3.26. The number of benzene rings is 1. The van der Waals surface area contributed by atoms with Crippen LogP contribution in [-0.4, -0.2) is 23.5 Å². The minimum absolute atomic E-state index is 0.415. The van der Waals surface area contributed by atoms with E-state index >= 15 is 0 Å². The first-order chi connectivity index (χ1) is 9.65. The molecule has 0 heterocycles. The lowest BCUT2D eigenvalue weighted by Crippen LogP contribution is -2.14. The molecule has 0 radical (unpaired) electrons. The van der Waals surface area contributed by atoms with Gasteiger partial charge in [0.05, 0.1) is 6.21 Å². The minimum atomic E-state index is -0.567. The number of carbonyl (C=O) groups excluding carboxylic acids is 1. The Morgan fingerprint density at radius 3 is 2.85 bits per heavy atom. The van der Waals surface area contributed by atoms with Gasteiger partial charge in [0.2, 0.25) is 0 Å². The second kappa shape index (κ2) is 8.77. The van der Waals surface area contributed by atoms with E-state index in [1.54, 1.807) is 12.3 Å². The maximum absolute atomic E-state index is 10.9. The monoisotopic (exact) mass is 273 g/mol. The van der Waals surface area contributed by atoms with Gasteiger partial charge in [0.1, 0.15) is 0 Å². The molecular weight excluding hydrogens is 254 g/mol. The molecule has 2 N–H and O–H groups in total. The van der Waals surface area contributed by atoms with Gasteiger partial charge in [0, 0.05) is 12.3 Å². The van der Waals surface area contributed by atoms with Crippen LogP contribution < -0.4 is 5.48 Å². The number of carbonyl (C=O) groups is 1. The molecule has 0 spiro atoms. The quantitative estimate of drug-likeness (QED) is 0.362. The van der Waals surface area contributed by atoms with Crippen molar-refractivity contribution in [3.63, 3.8) is 0 Å². The molecule has 1 aromatic carbocycles. The third-order valence-electron chi connectivity index (χ3n) is 2.69. The number of nitrogens with zero attached hydrogens (tertiary/aromatic N) is 2. The van der Waals surface area contributed by atoms with E-state index in [2.05, 4.69) is 24.1 Å². The highest BCUT2D eigenvalue weighted by molar-refractivity contribution is 5.91. The van der Waals surface area contributed by atoms with E-state index in [4.69, 9.17) is 5.21 Å². The first-order valence-electron chi connectivity index (χ1n) is 6.44. The number of hydroxylamine groups is 1. The number of amides is 1. The molecule has 5 nitrogen and oxygen atoms in total. The van der Waals surface area contributed by atoms with Crippen LogP contribution in [0.4, 0.5) is 0 Å². The molecule has 1 atom stereocenters. The summed E-state index contributed by atoms with van der Waals surface area (Å²) in [6.07, 6.45) is 7.35. The molecule has 1 aromatic rings. The molecule has 0 bridgehead atoms. The molecule has 0 aromatic heterocycles. The Kier molecular flexibility index (Phi) is 6.92. The SMILES string of the molecule is CCC(C)/C=N\N=C/c1cccc(/C=C/C(=O)NO)c1. The zero-order valence-corrected chi connectivity index (χ0v) is 11.7. The van der Waals surface area contributed by atoms with Crippen LogP contribution in [0.1, 0.15) is 31.4 Å². The van der Waals surface area contributed by atoms with E-state index in [1.165, 1.54) is 11.6 Å². The van der Waals surface area contributed by atoms with Gasteiger partial charge in [-0.05, 0) is 35.6 Å². The molecule has 0 saturated carbocycles. The van der Waals surface area contributed by atoms with Crippen molar-refractivity contribution in [2.45, 2.75) is 20.3 Å². The number of hydrogen-bond acceptors (Lipinski definition) is 4. The lowest BCUT2D eigenvalue weighted by molar-refractivity contribution is -0.124. The maximum atomic E-state index is 10.9. The highest BCUT2D eigenvalue weighted by Crippen LogP contribution is 2.05. The molecule has 5 heteroatoms. The minimum Gasteiger partial charge on any atom is -0.288 e. The van der Waals surface area contributed by atoms with Crippen LogP contribution >= 0.6 is 0 Å². The Hall–Kier alpha value is -2.27. The smallest absolute Gasteiger partial charge is 0.267 e. The Bertz CT molecular complexity index is 522. The number of rotatable bonds is 6. The normalized spacial score (nSPS) is 13.3. The number of nitrogens with one attached hydrogen (secondary N) is 1. The van der Waals surface area contributed by atoms with E-state index in [9.17, 15) is 4.79 Å². The molecule has 0 aliphatic rings. The van der Waals surface area contributed by atoms with E-state index in [-0.39, 0.29) is 0 Å². The van der Waals surface area contributed by atoms with Crippen molar-refractivity contribution >= 4 is 24.4 Å². The van der Waals surface area contributed by atoms with Crippen molar-refractivity contribution in [3.05, 3.63) is 41.5 Å². The standard InChI is InChI=1S/C15H19N3O2/c1-3-12(2)10-16-17-11-14-6-4-5-13(9-14)7-8-15(19)18-20/h4-12,20H,3H2,1-2H3,(H,18,19)/b8-7+,16-10-,17-11-. The van der Waals surface area contributed by atoms with Gasteiger partial charge < -0.3 is 0 Å². The molecule has 20 heavy (non-hydrogen) atoms. The van der Waals surface area contributed by atoms with Crippen molar-refractivity contribution in [1.82, 2.24) is 5.48 Å². The van der Waals surface area contributed by atoms with Crippen molar-refractivity contribution in [2.24, 2.45) is 16.1 Å². The maximum Gasteiger partial charge on any atom is 0.267 e. The predicted octanol–water partition coefficient (Wildman–Crippen LogP) is 2.66. The van der Waals surface area contributed by atoms with Crippen molar-refractivity contribution in [2.75, 3.05) is 0 Å². The van der Waals surface area contributed by atoms with Crippen molar-refractivity contribution < 1.29 is 10.0 Å². The van der Waals surface area contributed by atoms with E-state index < -0.39 is 5.91 Å². The van der Waals surface area contributed by atoms with E-state index in [1.807, 2.05) is 30.5 Å². The highest BCUT2D eigenvalue weighted by atomic mass is 16.5. The largest absolute Gasteiger partial charge is 0.288 e. The summed E-state index contributed by atoms with van der Waals surface area (Å²) in [4.78, 5) is 10.9. The summed E-state index contributed by atoms with van der Waals surface area (Å²) in [5.74, 6) is -0.152. The van der Waals surface area contributed by atoms with Crippen molar-refractivity contribution in [3.8, 4) is 0 Å². The summed E-state index contributed by atoms with van der Waals surface area (Å²) in [7, 11) is 0. The van der Waals surface area contributed by atoms with Crippen LogP contribution in [0, 0.1) is 5.92 Å². The molecule has 1 amide bonds. The average molecular weight is 273 g/mol. The Labute approximate surface area is 118 Å². The fourth-order valence-corrected chi connectivity index (χ4v) is 1.31. The molecular formula is C15H19N3O2. The molecule has 0 aliphatic heterocycles. The fourth-order valence-electron chi connectivity index (χ4n) is 1.31. The Balaban J connectivity index is 2.68. The lowest BCUT2D eigenvalue weighted by atomic mass is 10.1. The van der Waals surface area contributed by atoms with E-state index in [0.717, 1.165) is 17.5 Å². The average Bonchev–Trinajstić information content (AvgIpc) is 2.49. The van der Waals surface area contributed by atoms with Crippen LogP contribution in [0.25, 0.3) is 6.08 Å². The third-order valence-corrected chi connectivity index (χ3v) is 2.69. The molecule has 1 rings (SSSR count). The summed E-state index contributed by atoms with van der Waals surface area (Å²) in [6, 6.07) is 7.46. The van der Waals surface area contributed by atoms with Crippen LogP contribution in [0.5, 0.6) is 0 Å². The summed E-state index contributed by atoms with van der Waals surface area (Å²) in [6.45, 7) is 4.18. The molecule has 106 valence electrons. The summed E-state index contributed by atoms with van der Waals surface area (Å²) < 4.78 is 0. The third kappa shape index (κ3) is 6.06. The van der Waals surface area contributed by atoms with Crippen molar-refractivity contribution in [1.29, 1.82) is 0 Å². The predicted molar refractivity (Wildman–Crippen MR) is 80.9 cm³/mol. The van der Waals surface area contributed by atoms with Gasteiger partial charge in [-0.15, -0.1) is 0 Å². The lowest BCUT2D eigenvalue weighted by Gasteiger charge is -1.97. The summed E-state index contributed by atoms with van der Waals surface area (Å²) in [5, 5.41) is 16.4. The molecule has 0 aliphatic carbocycles. The van der Waals surface area contributed by atoms with Crippen LogP contribution in [0.15, 0.2) is 40.5 Å². The van der Waals surface area contributed by atoms with Gasteiger partial charge in [-0.25, -0.2) is 5.48 Å². The Morgan fingerprint density at radius 2 is 2.15 bits per heavy atom. The molecule has 0 fully saturated rings. The molecule has 0 saturated heterocycles. The highest BCUT2D eigenvalue weighted by Gasteiger charge is 1.93.